The first-order valence-corrected chi connectivity index (χ1v) is 9.64. The summed E-state index contributed by atoms with van der Waals surface area (Å²) < 4.78 is 11.3. The van der Waals surface area contributed by atoms with Crippen molar-refractivity contribution in [2.45, 2.75) is 39.5 Å². The molecule has 1 aliphatic carbocycles. The lowest BCUT2D eigenvalue weighted by atomic mass is 10.1. The minimum atomic E-state index is 0.692. The van der Waals surface area contributed by atoms with Crippen LogP contribution in [0.1, 0.15) is 38.7 Å². The minimum absolute atomic E-state index is 0.692. The molecule has 5 nitrogen and oxygen atoms in total. The predicted octanol–water partition coefficient (Wildman–Crippen LogP) is 3.00. The Morgan fingerprint density at radius 1 is 1.20 bits per heavy atom. The second-order valence-corrected chi connectivity index (χ2v) is 6.35. The summed E-state index contributed by atoms with van der Waals surface area (Å²) in [5.41, 5.74) is 1.22. The molecule has 0 saturated heterocycles. The van der Waals surface area contributed by atoms with Gasteiger partial charge in [-0.25, -0.2) is 0 Å². The van der Waals surface area contributed by atoms with Crippen LogP contribution in [0.4, 0.5) is 0 Å². The summed E-state index contributed by atoms with van der Waals surface area (Å²) in [6, 6.07) is 8.21. The highest BCUT2D eigenvalue weighted by atomic mass is 16.5. The van der Waals surface area contributed by atoms with Gasteiger partial charge >= 0.3 is 0 Å². The van der Waals surface area contributed by atoms with Crippen LogP contribution in [-0.4, -0.2) is 45.4 Å². The second kappa shape index (κ2) is 11.7. The average Bonchev–Trinajstić information content (AvgIpc) is 3.44. The molecule has 0 atom stereocenters. The van der Waals surface area contributed by atoms with Crippen LogP contribution in [-0.2, 0) is 11.2 Å². The second-order valence-electron chi connectivity index (χ2n) is 6.35. The quantitative estimate of drug-likeness (QED) is 0.347. The number of guanidine groups is 1. The van der Waals surface area contributed by atoms with E-state index in [2.05, 4.69) is 34.7 Å². The van der Waals surface area contributed by atoms with Gasteiger partial charge in [-0.15, -0.1) is 0 Å². The molecular weight excluding hydrogens is 314 g/mol. The highest BCUT2D eigenvalue weighted by molar-refractivity contribution is 5.79. The normalized spacial score (nSPS) is 14.4. The maximum Gasteiger partial charge on any atom is 0.191 e. The molecule has 1 fully saturated rings. The number of hydrogen-bond donors (Lipinski definition) is 2. The van der Waals surface area contributed by atoms with Crippen LogP contribution in [0.15, 0.2) is 29.3 Å². The monoisotopic (exact) mass is 347 g/mol. The van der Waals surface area contributed by atoms with Gasteiger partial charge in [0.05, 0.1) is 6.61 Å². The molecule has 0 radical (unpaired) electrons. The van der Waals surface area contributed by atoms with Crippen LogP contribution in [0.25, 0.3) is 0 Å². The molecular formula is C20H33N3O2. The van der Waals surface area contributed by atoms with E-state index in [-0.39, 0.29) is 0 Å². The van der Waals surface area contributed by atoms with E-state index in [9.17, 15) is 0 Å². The summed E-state index contributed by atoms with van der Waals surface area (Å²) in [5, 5.41) is 6.69. The standard InChI is InChI=1S/C20H33N3O2/c1-3-21-20(22-13-7-15-24-16-17-10-11-17)23-14-12-18-8-5-6-9-19(18)25-4-2/h5-6,8-9,17H,3-4,7,10-16H2,1-2H3,(H2,21,22,23). The molecule has 0 amide bonds. The molecule has 140 valence electrons. The van der Waals surface area contributed by atoms with Crippen LogP contribution >= 0.6 is 0 Å². The zero-order valence-electron chi connectivity index (χ0n) is 15.7. The van der Waals surface area contributed by atoms with E-state index in [4.69, 9.17) is 9.47 Å². The fraction of sp³-hybridized carbons (Fsp3) is 0.650. The van der Waals surface area contributed by atoms with E-state index in [0.717, 1.165) is 63.3 Å². The SMILES string of the molecule is CCNC(=NCCCOCC1CC1)NCCc1ccccc1OCC. The fourth-order valence-corrected chi connectivity index (χ4v) is 2.56. The van der Waals surface area contributed by atoms with Gasteiger partial charge < -0.3 is 20.1 Å². The Labute approximate surface area is 152 Å². The van der Waals surface area contributed by atoms with Crippen molar-refractivity contribution in [1.29, 1.82) is 0 Å². The van der Waals surface area contributed by atoms with Crippen molar-refractivity contribution in [2.75, 3.05) is 39.5 Å². The van der Waals surface area contributed by atoms with Crippen LogP contribution < -0.4 is 15.4 Å². The van der Waals surface area contributed by atoms with Gasteiger partial charge in [-0.05, 0) is 57.1 Å². The van der Waals surface area contributed by atoms with Crippen molar-refractivity contribution in [3.05, 3.63) is 29.8 Å². The van der Waals surface area contributed by atoms with E-state index >= 15 is 0 Å². The Kier molecular flexibility index (Phi) is 9.19. The van der Waals surface area contributed by atoms with Gasteiger partial charge in [-0.1, -0.05) is 18.2 Å². The van der Waals surface area contributed by atoms with E-state index in [1.54, 1.807) is 0 Å². The Balaban J connectivity index is 1.68. The van der Waals surface area contributed by atoms with Gasteiger partial charge in [0.1, 0.15) is 5.75 Å². The van der Waals surface area contributed by atoms with E-state index < -0.39 is 0 Å². The third kappa shape index (κ3) is 8.25. The third-order valence-electron chi connectivity index (χ3n) is 4.07. The van der Waals surface area contributed by atoms with Gasteiger partial charge in [0.2, 0.25) is 0 Å². The molecule has 1 aliphatic rings. The number of rotatable bonds is 12. The number of para-hydroxylation sites is 1. The number of benzene rings is 1. The predicted molar refractivity (Wildman–Crippen MR) is 103 cm³/mol. The number of nitrogens with zero attached hydrogens (tertiary/aromatic N) is 1. The van der Waals surface area contributed by atoms with Gasteiger partial charge in [0.25, 0.3) is 0 Å². The van der Waals surface area contributed by atoms with E-state index in [1.165, 1.54) is 18.4 Å². The highest BCUT2D eigenvalue weighted by Gasteiger charge is 2.20. The Morgan fingerprint density at radius 3 is 2.80 bits per heavy atom. The fourth-order valence-electron chi connectivity index (χ4n) is 2.56. The molecule has 0 bridgehead atoms. The third-order valence-corrected chi connectivity index (χ3v) is 4.07. The van der Waals surface area contributed by atoms with Gasteiger partial charge in [-0.2, -0.15) is 0 Å². The molecule has 1 saturated carbocycles. The number of aliphatic imine (C=N–C) groups is 1. The largest absolute Gasteiger partial charge is 0.494 e. The van der Waals surface area contributed by atoms with Gasteiger partial charge in [0, 0.05) is 32.8 Å². The molecule has 1 aromatic rings. The first-order valence-electron chi connectivity index (χ1n) is 9.64. The summed E-state index contributed by atoms with van der Waals surface area (Å²) in [6.45, 7) is 9.00. The minimum Gasteiger partial charge on any atom is -0.494 e. The van der Waals surface area contributed by atoms with Crippen LogP contribution in [0.3, 0.4) is 0 Å². The first-order chi connectivity index (χ1) is 12.3. The maximum absolute atomic E-state index is 5.68. The Morgan fingerprint density at radius 2 is 2.04 bits per heavy atom. The van der Waals surface area contributed by atoms with Crippen molar-refractivity contribution >= 4 is 5.96 Å². The summed E-state index contributed by atoms with van der Waals surface area (Å²) >= 11 is 0. The molecule has 1 aromatic carbocycles. The van der Waals surface area contributed by atoms with Crippen LogP contribution in [0.2, 0.25) is 0 Å². The van der Waals surface area contributed by atoms with Gasteiger partial charge in [-0.3, -0.25) is 4.99 Å². The summed E-state index contributed by atoms with van der Waals surface area (Å²) in [7, 11) is 0. The average molecular weight is 348 g/mol. The van der Waals surface area contributed by atoms with Crippen molar-refractivity contribution < 1.29 is 9.47 Å². The molecule has 5 heteroatoms. The smallest absolute Gasteiger partial charge is 0.191 e. The lowest BCUT2D eigenvalue weighted by molar-refractivity contribution is 0.123. The lowest BCUT2D eigenvalue weighted by Crippen LogP contribution is -2.38. The Hall–Kier alpha value is -1.75. The van der Waals surface area contributed by atoms with E-state index in [1.807, 2.05) is 19.1 Å². The topological polar surface area (TPSA) is 54.9 Å². The first kappa shape index (κ1) is 19.6. The van der Waals surface area contributed by atoms with Crippen molar-refractivity contribution in [3.8, 4) is 5.75 Å². The molecule has 2 N–H and O–H groups in total. The van der Waals surface area contributed by atoms with Gasteiger partial charge in [0.15, 0.2) is 5.96 Å². The Bertz CT molecular complexity index is 515. The number of ether oxygens (including phenoxy) is 2. The highest BCUT2D eigenvalue weighted by Crippen LogP contribution is 2.28. The van der Waals surface area contributed by atoms with Crippen molar-refractivity contribution in [2.24, 2.45) is 10.9 Å². The zero-order chi connectivity index (χ0) is 17.7. The lowest BCUT2D eigenvalue weighted by Gasteiger charge is -2.13. The number of nitrogens with one attached hydrogen (secondary N) is 2. The molecule has 0 aromatic heterocycles. The summed E-state index contributed by atoms with van der Waals surface area (Å²) in [6.07, 6.45) is 4.57. The molecule has 25 heavy (non-hydrogen) atoms. The molecule has 0 aliphatic heterocycles. The summed E-state index contributed by atoms with van der Waals surface area (Å²) in [5.74, 6) is 2.68. The van der Waals surface area contributed by atoms with Crippen LogP contribution in [0, 0.1) is 5.92 Å². The number of hydrogen-bond acceptors (Lipinski definition) is 3. The molecule has 2 rings (SSSR count). The molecule has 0 heterocycles. The van der Waals surface area contributed by atoms with Crippen molar-refractivity contribution in [1.82, 2.24) is 10.6 Å². The van der Waals surface area contributed by atoms with E-state index in [0.29, 0.717) is 6.61 Å². The molecule has 0 spiro atoms. The maximum atomic E-state index is 5.68. The molecule has 0 unspecified atom stereocenters. The zero-order valence-corrected chi connectivity index (χ0v) is 15.7. The summed E-state index contributed by atoms with van der Waals surface area (Å²) in [4.78, 5) is 4.62. The van der Waals surface area contributed by atoms with Crippen molar-refractivity contribution in [3.63, 3.8) is 0 Å². The van der Waals surface area contributed by atoms with Crippen LogP contribution in [0.5, 0.6) is 5.75 Å².